The number of hydrogen-bond donors (Lipinski definition) is 9. The average Bonchev–Trinajstić information content (AvgIpc) is 2.85. The van der Waals surface area contributed by atoms with Gasteiger partial charge in [0, 0.05) is 14.0 Å². The first-order chi connectivity index (χ1) is 17.4. The summed E-state index contributed by atoms with van der Waals surface area (Å²) in [7, 11) is 1.21. The van der Waals surface area contributed by atoms with Gasteiger partial charge in [-0.25, -0.2) is 0 Å². The fraction of sp³-hybridized carbons (Fsp3) is 0.952. The number of amides is 1. The standard InChI is InChI=1S/C21H37NO15/c1-6-11(26)13(28)14(29)20(33-6)37-17-10(22-7(2)25)19(31)34-9(5-24)16(17)36-21-15(30)18(32-3)12(27)8(4-23)35-21/h6,8-21,23-24,26-31H,4-5H2,1-3H3,(H,22,25)/t6-,8+,9+,10+,11+,12-,13+,14-,15+,16+,17+,18-,19+,20-,21-/m0/s1. The van der Waals surface area contributed by atoms with Crippen molar-refractivity contribution in [2.24, 2.45) is 0 Å². The summed E-state index contributed by atoms with van der Waals surface area (Å²) in [5.74, 6) is -0.617. The molecule has 3 aliphatic heterocycles. The van der Waals surface area contributed by atoms with Crippen molar-refractivity contribution in [3.63, 3.8) is 0 Å². The first kappa shape index (κ1) is 30.5. The van der Waals surface area contributed by atoms with E-state index in [4.69, 9.17) is 28.4 Å². The minimum Gasteiger partial charge on any atom is -0.394 e. The van der Waals surface area contributed by atoms with Crippen LogP contribution in [0.25, 0.3) is 0 Å². The second-order valence-corrected chi connectivity index (χ2v) is 9.26. The maximum Gasteiger partial charge on any atom is 0.217 e. The van der Waals surface area contributed by atoms with Crippen LogP contribution in [0.2, 0.25) is 0 Å². The van der Waals surface area contributed by atoms with E-state index in [1.165, 1.54) is 14.0 Å². The molecule has 0 spiro atoms. The Labute approximate surface area is 212 Å². The van der Waals surface area contributed by atoms with E-state index in [1.807, 2.05) is 0 Å². The van der Waals surface area contributed by atoms with Crippen LogP contribution in [0.5, 0.6) is 0 Å². The Hall–Kier alpha value is -1.09. The Morgan fingerprint density at radius 3 is 1.92 bits per heavy atom. The van der Waals surface area contributed by atoms with Gasteiger partial charge in [0.25, 0.3) is 0 Å². The maximum atomic E-state index is 11.9. The van der Waals surface area contributed by atoms with Crippen molar-refractivity contribution in [1.82, 2.24) is 5.32 Å². The molecule has 3 heterocycles. The van der Waals surface area contributed by atoms with Crippen molar-refractivity contribution >= 4 is 5.91 Å². The normalized spacial score (nSPS) is 49.0. The zero-order chi connectivity index (χ0) is 27.6. The summed E-state index contributed by atoms with van der Waals surface area (Å²) in [6.07, 6.45) is -20.5. The number of methoxy groups -OCH3 is 1. The van der Waals surface area contributed by atoms with Crippen LogP contribution in [0.3, 0.4) is 0 Å². The fourth-order valence-electron chi connectivity index (χ4n) is 4.66. The van der Waals surface area contributed by atoms with Gasteiger partial charge in [-0.05, 0) is 6.92 Å². The summed E-state index contributed by atoms with van der Waals surface area (Å²) in [5, 5.41) is 84.2. The summed E-state index contributed by atoms with van der Waals surface area (Å²) in [5.41, 5.74) is 0. The molecule has 3 rings (SSSR count). The first-order valence-electron chi connectivity index (χ1n) is 11.8. The van der Waals surface area contributed by atoms with Crippen LogP contribution in [0.15, 0.2) is 0 Å². The van der Waals surface area contributed by atoms with E-state index >= 15 is 0 Å². The molecular formula is C21H37NO15. The van der Waals surface area contributed by atoms with Gasteiger partial charge in [0.15, 0.2) is 18.9 Å². The Kier molecular flexibility index (Phi) is 10.6. The van der Waals surface area contributed by atoms with Crippen LogP contribution in [-0.4, -0.2) is 159 Å². The van der Waals surface area contributed by atoms with Gasteiger partial charge in [-0.15, -0.1) is 0 Å². The number of hydrogen-bond acceptors (Lipinski definition) is 15. The third-order valence-corrected chi connectivity index (χ3v) is 6.70. The van der Waals surface area contributed by atoms with Gasteiger partial charge in [0.2, 0.25) is 5.91 Å². The molecule has 0 unspecified atom stereocenters. The van der Waals surface area contributed by atoms with Crippen molar-refractivity contribution in [3.8, 4) is 0 Å². The summed E-state index contributed by atoms with van der Waals surface area (Å²) >= 11 is 0. The van der Waals surface area contributed by atoms with E-state index in [0.717, 1.165) is 6.92 Å². The fourth-order valence-corrected chi connectivity index (χ4v) is 4.66. The Bertz CT molecular complexity index is 747. The van der Waals surface area contributed by atoms with Crippen molar-refractivity contribution in [1.29, 1.82) is 0 Å². The summed E-state index contributed by atoms with van der Waals surface area (Å²) < 4.78 is 33.2. The van der Waals surface area contributed by atoms with Gasteiger partial charge in [-0.3, -0.25) is 4.79 Å². The topological polar surface area (TPSA) is 246 Å². The summed E-state index contributed by atoms with van der Waals surface area (Å²) in [6, 6.07) is -1.38. The van der Waals surface area contributed by atoms with Crippen molar-refractivity contribution < 1.29 is 74.1 Å². The van der Waals surface area contributed by atoms with E-state index in [1.54, 1.807) is 0 Å². The van der Waals surface area contributed by atoms with Crippen LogP contribution < -0.4 is 5.32 Å². The van der Waals surface area contributed by atoms with Gasteiger partial charge in [-0.2, -0.15) is 0 Å². The van der Waals surface area contributed by atoms with Crippen LogP contribution in [0, 0.1) is 0 Å². The largest absolute Gasteiger partial charge is 0.394 e. The lowest BCUT2D eigenvalue weighted by Gasteiger charge is -2.49. The number of rotatable bonds is 8. The number of ether oxygens (including phenoxy) is 6. The number of carbonyl (C=O) groups excluding carboxylic acids is 1. The van der Waals surface area contributed by atoms with E-state index in [-0.39, 0.29) is 0 Å². The van der Waals surface area contributed by atoms with Crippen molar-refractivity contribution in [2.45, 2.75) is 106 Å². The lowest BCUT2D eigenvalue weighted by atomic mass is 9.94. The van der Waals surface area contributed by atoms with Gasteiger partial charge < -0.3 is 74.6 Å². The molecule has 0 aliphatic carbocycles. The monoisotopic (exact) mass is 543 g/mol. The Morgan fingerprint density at radius 1 is 0.757 bits per heavy atom. The van der Waals surface area contributed by atoms with E-state index < -0.39 is 111 Å². The average molecular weight is 544 g/mol. The zero-order valence-electron chi connectivity index (χ0n) is 20.5. The third kappa shape index (κ3) is 6.39. The lowest BCUT2D eigenvalue weighted by molar-refractivity contribution is -0.371. The highest BCUT2D eigenvalue weighted by Gasteiger charge is 2.54. The lowest BCUT2D eigenvalue weighted by Crippen LogP contribution is -2.69. The van der Waals surface area contributed by atoms with Crippen LogP contribution >= 0.6 is 0 Å². The SMILES string of the molecule is CO[C@H]1[C@@H](O)[C@@H](CO)O[C@@H](O[C@H]2[C@H](O[C@@H]3O[C@@H](C)[C@@H](O)[C@@H](O)[C@@H]3O)[C@@H](NC(C)=O)[C@H](O)O[C@@H]2CO)[C@@H]1O. The quantitative estimate of drug-likeness (QED) is 0.138. The molecule has 16 nitrogen and oxygen atoms in total. The number of aliphatic hydroxyl groups excluding tert-OH is 8. The first-order valence-corrected chi connectivity index (χ1v) is 11.8. The third-order valence-electron chi connectivity index (χ3n) is 6.70. The number of nitrogens with one attached hydrogen (secondary N) is 1. The predicted octanol–water partition coefficient (Wildman–Crippen LogP) is -5.75. The second kappa shape index (κ2) is 12.8. The molecule has 3 aliphatic rings. The van der Waals surface area contributed by atoms with Gasteiger partial charge >= 0.3 is 0 Å². The molecule has 16 heteroatoms. The number of carbonyl (C=O) groups is 1. The van der Waals surface area contributed by atoms with Crippen LogP contribution in [-0.2, 0) is 33.2 Å². The highest BCUT2D eigenvalue weighted by atomic mass is 16.7. The number of aliphatic hydroxyl groups is 8. The van der Waals surface area contributed by atoms with Gasteiger partial charge in [-0.1, -0.05) is 0 Å². The van der Waals surface area contributed by atoms with E-state index in [9.17, 15) is 45.6 Å². The summed E-state index contributed by atoms with van der Waals surface area (Å²) in [4.78, 5) is 11.9. The molecule has 15 atom stereocenters. The Morgan fingerprint density at radius 2 is 1.35 bits per heavy atom. The van der Waals surface area contributed by atoms with Crippen LogP contribution in [0.1, 0.15) is 13.8 Å². The molecule has 0 aromatic rings. The molecule has 1 amide bonds. The Balaban J connectivity index is 1.93. The summed E-state index contributed by atoms with van der Waals surface area (Å²) in [6.45, 7) is 1.16. The molecule has 0 saturated carbocycles. The van der Waals surface area contributed by atoms with Gasteiger partial charge in [0.05, 0.1) is 19.3 Å². The molecule has 0 aromatic heterocycles. The zero-order valence-corrected chi connectivity index (χ0v) is 20.5. The van der Waals surface area contributed by atoms with E-state index in [2.05, 4.69) is 5.32 Å². The molecule has 216 valence electrons. The molecule has 37 heavy (non-hydrogen) atoms. The molecule has 0 aromatic carbocycles. The highest BCUT2D eigenvalue weighted by molar-refractivity contribution is 5.73. The van der Waals surface area contributed by atoms with E-state index in [0.29, 0.717) is 0 Å². The molecule has 0 radical (unpaired) electrons. The smallest absolute Gasteiger partial charge is 0.217 e. The van der Waals surface area contributed by atoms with Crippen molar-refractivity contribution in [3.05, 3.63) is 0 Å². The van der Waals surface area contributed by atoms with Crippen LogP contribution in [0.4, 0.5) is 0 Å². The van der Waals surface area contributed by atoms with Gasteiger partial charge in [0.1, 0.15) is 67.1 Å². The predicted molar refractivity (Wildman–Crippen MR) is 116 cm³/mol. The second-order valence-electron chi connectivity index (χ2n) is 9.26. The molecule has 9 N–H and O–H groups in total. The molecular weight excluding hydrogens is 506 g/mol. The maximum absolute atomic E-state index is 11.9. The molecule has 0 bridgehead atoms. The minimum atomic E-state index is -1.76. The highest BCUT2D eigenvalue weighted by Crippen LogP contribution is 2.33. The minimum absolute atomic E-state index is 0.617. The molecule has 3 saturated heterocycles. The molecule has 3 fully saturated rings. The van der Waals surface area contributed by atoms with Crippen molar-refractivity contribution in [2.75, 3.05) is 20.3 Å².